The van der Waals surface area contributed by atoms with E-state index in [1.807, 2.05) is 0 Å². The molecule has 0 heterocycles. The molecule has 0 fully saturated rings. The van der Waals surface area contributed by atoms with Gasteiger partial charge in [0, 0.05) is 6.04 Å². The Morgan fingerprint density at radius 3 is 1.58 bits per heavy atom. The lowest BCUT2D eigenvalue weighted by molar-refractivity contribution is 0.536. The van der Waals surface area contributed by atoms with E-state index in [4.69, 9.17) is 22.9 Å². The molecule has 0 aliphatic rings. The molecule has 4 nitrogen and oxygen atoms in total. The Morgan fingerprint density at radius 2 is 1.16 bits per heavy atom. The molecule has 19 heavy (non-hydrogen) atoms. The van der Waals surface area contributed by atoms with Crippen molar-refractivity contribution < 1.29 is 0 Å². The molecule has 0 aliphatic carbocycles. The van der Waals surface area contributed by atoms with Gasteiger partial charge in [0.05, 0.1) is 5.70 Å². The standard InChI is InChI=1S/C15H34N4/c1-2-3-4-5-6-7-8-9-10-11-12-13(16)14(17)15(18)19/h13H,2-12,16-19H2,1H3. The lowest BCUT2D eigenvalue weighted by Gasteiger charge is -2.12. The van der Waals surface area contributed by atoms with Gasteiger partial charge in [-0.3, -0.25) is 0 Å². The lowest BCUT2D eigenvalue weighted by Crippen LogP contribution is -2.32. The van der Waals surface area contributed by atoms with E-state index in [9.17, 15) is 0 Å². The van der Waals surface area contributed by atoms with E-state index in [-0.39, 0.29) is 11.9 Å². The summed E-state index contributed by atoms with van der Waals surface area (Å²) in [5.74, 6) is 0.166. The topological polar surface area (TPSA) is 104 Å². The van der Waals surface area contributed by atoms with E-state index in [0.717, 1.165) is 12.8 Å². The van der Waals surface area contributed by atoms with Gasteiger partial charge in [-0.25, -0.2) is 0 Å². The maximum Gasteiger partial charge on any atom is 0.114 e. The minimum absolute atomic E-state index is 0.166. The zero-order valence-corrected chi connectivity index (χ0v) is 12.7. The van der Waals surface area contributed by atoms with Crippen LogP contribution in [0, 0.1) is 0 Å². The number of rotatable bonds is 12. The fraction of sp³-hybridized carbons (Fsp3) is 0.867. The van der Waals surface area contributed by atoms with Crippen LogP contribution in [-0.2, 0) is 0 Å². The minimum atomic E-state index is -0.181. The molecule has 0 bridgehead atoms. The second-order valence-electron chi connectivity index (χ2n) is 5.49. The normalized spacial score (nSPS) is 12.3. The Morgan fingerprint density at radius 1 is 0.737 bits per heavy atom. The fourth-order valence-corrected chi connectivity index (χ4v) is 2.22. The Labute approximate surface area is 119 Å². The maximum absolute atomic E-state index is 5.88. The Bertz CT molecular complexity index is 234. The van der Waals surface area contributed by atoms with Gasteiger partial charge in [0.1, 0.15) is 5.82 Å². The summed E-state index contributed by atoms with van der Waals surface area (Å²) in [5.41, 5.74) is 22.8. The third-order valence-electron chi connectivity index (χ3n) is 3.60. The van der Waals surface area contributed by atoms with Gasteiger partial charge in [0.15, 0.2) is 0 Å². The van der Waals surface area contributed by atoms with Crippen LogP contribution in [0.3, 0.4) is 0 Å². The van der Waals surface area contributed by atoms with E-state index >= 15 is 0 Å². The van der Waals surface area contributed by atoms with E-state index in [0.29, 0.717) is 5.70 Å². The number of unbranched alkanes of at least 4 members (excludes halogenated alkanes) is 9. The van der Waals surface area contributed by atoms with Crippen molar-refractivity contribution in [2.24, 2.45) is 22.9 Å². The van der Waals surface area contributed by atoms with Crippen molar-refractivity contribution in [2.75, 3.05) is 0 Å². The highest BCUT2D eigenvalue weighted by molar-refractivity contribution is 5.10. The first-order valence-electron chi connectivity index (χ1n) is 7.85. The highest BCUT2D eigenvalue weighted by atomic mass is 14.9. The van der Waals surface area contributed by atoms with Gasteiger partial charge in [0.2, 0.25) is 0 Å². The van der Waals surface area contributed by atoms with Crippen molar-refractivity contribution in [3.63, 3.8) is 0 Å². The SMILES string of the molecule is CCCCCCCCCCCCC(N)C(N)=C(N)N. The van der Waals surface area contributed by atoms with Crippen LogP contribution in [0.25, 0.3) is 0 Å². The number of hydrogen-bond donors (Lipinski definition) is 4. The summed E-state index contributed by atoms with van der Waals surface area (Å²) in [5, 5.41) is 0. The predicted octanol–water partition coefficient (Wildman–Crippen LogP) is 2.67. The van der Waals surface area contributed by atoms with Gasteiger partial charge in [-0.15, -0.1) is 0 Å². The van der Waals surface area contributed by atoms with E-state index in [1.54, 1.807) is 0 Å². The van der Waals surface area contributed by atoms with Gasteiger partial charge >= 0.3 is 0 Å². The van der Waals surface area contributed by atoms with Gasteiger partial charge in [-0.1, -0.05) is 71.1 Å². The van der Waals surface area contributed by atoms with E-state index in [2.05, 4.69) is 6.92 Å². The molecule has 0 radical (unpaired) electrons. The fourth-order valence-electron chi connectivity index (χ4n) is 2.22. The third kappa shape index (κ3) is 10.7. The molecule has 0 aromatic rings. The average Bonchev–Trinajstić information content (AvgIpc) is 2.39. The molecule has 1 unspecified atom stereocenters. The van der Waals surface area contributed by atoms with Crippen molar-refractivity contribution in [2.45, 2.75) is 83.6 Å². The second kappa shape index (κ2) is 12.2. The quantitative estimate of drug-likeness (QED) is 0.409. The summed E-state index contributed by atoms with van der Waals surface area (Å²) < 4.78 is 0. The van der Waals surface area contributed by atoms with E-state index in [1.165, 1.54) is 57.8 Å². The predicted molar refractivity (Wildman–Crippen MR) is 84.0 cm³/mol. The molecular formula is C15H34N4. The molecule has 0 aliphatic heterocycles. The molecule has 0 spiro atoms. The summed E-state index contributed by atoms with van der Waals surface area (Å²) in [6.07, 6.45) is 14.1. The first-order chi connectivity index (χ1) is 9.09. The van der Waals surface area contributed by atoms with Gasteiger partial charge < -0.3 is 22.9 Å². The van der Waals surface area contributed by atoms with Crippen LogP contribution in [0.5, 0.6) is 0 Å². The van der Waals surface area contributed by atoms with Crippen LogP contribution in [0.2, 0.25) is 0 Å². The Balaban J connectivity index is 3.30. The average molecular weight is 270 g/mol. The van der Waals surface area contributed by atoms with Gasteiger partial charge in [-0.05, 0) is 6.42 Å². The van der Waals surface area contributed by atoms with Gasteiger partial charge in [0.25, 0.3) is 0 Å². The smallest absolute Gasteiger partial charge is 0.114 e. The first kappa shape index (κ1) is 18.1. The largest absolute Gasteiger partial charge is 0.398 e. The summed E-state index contributed by atoms with van der Waals surface area (Å²) >= 11 is 0. The molecule has 1 atom stereocenters. The van der Waals surface area contributed by atoms with Crippen molar-refractivity contribution in [3.8, 4) is 0 Å². The van der Waals surface area contributed by atoms with Crippen molar-refractivity contribution in [1.29, 1.82) is 0 Å². The monoisotopic (exact) mass is 270 g/mol. The van der Waals surface area contributed by atoms with Crippen LogP contribution >= 0.6 is 0 Å². The maximum atomic E-state index is 5.88. The Hall–Kier alpha value is -0.900. The van der Waals surface area contributed by atoms with Crippen LogP contribution < -0.4 is 22.9 Å². The third-order valence-corrected chi connectivity index (χ3v) is 3.60. The highest BCUT2D eigenvalue weighted by Gasteiger charge is 2.07. The molecule has 114 valence electrons. The van der Waals surface area contributed by atoms with Crippen LogP contribution in [-0.4, -0.2) is 6.04 Å². The van der Waals surface area contributed by atoms with Crippen LogP contribution in [0.4, 0.5) is 0 Å². The van der Waals surface area contributed by atoms with Crippen LogP contribution in [0.1, 0.15) is 77.6 Å². The molecule has 0 aromatic carbocycles. The molecular weight excluding hydrogens is 236 g/mol. The molecule has 0 saturated carbocycles. The summed E-state index contributed by atoms with van der Waals surface area (Å²) in [6.45, 7) is 2.25. The van der Waals surface area contributed by atoms with Gasteiger partial charge in [-0.2, -0.15) is 0 Å². The Kier molecular flexibility index (Phi) is 11.6. The zero-order valence-electron chi connectivity index (χ0n) is 12.7. The van der Waals surface area contributed by atoms with Crippen molar-refractivity contribution in [3.05, 3.63) is 11.5 Å². The van der Waals surface area contributed by atoms with Crippen LogP contribution in [0.15, 0.2) is 11.5 Å². The second-order valence-corrected chi connectivity index (χ2v) is 5.49. The molecule has 0 saturated heterocycles. The molecule has 8 N–H and O–H groups in total. The minimum Gasteiger partial charge on any atom is -0.398 e. The molecule has 0 aromatic heterocycles. The molecule has 0 rings (SSSR count). The van der Waals surface area contributed by atoms with Crippen molar-refractivity contribution >= 4 is 0 Å². The van der Waals surface area contributed by atoms with Crippen molar-refractivity contribution in [1.82, 2.24) is 0 Å². The summed E-state index contributed by atoms with van der Waals surface area (Å²) in [6, 6.07) is -0.181. The first-order valence-corrected chi connectivity index (χ1v) is 7.85. The lowest BCUT2D eigenvalue weighted by atomic mass is 10.0. The zero-order chi connectivity index (χ0) is 14.5. The summed E-state index contributed by atoms with van der Waals surface area (Å²) in [7, 11) is 0. The molecule has 4 heteroatoms. The number of hydrogen-bond acceptors (Lipinski definition) is 4. The van der Waals surface area contributed by atoms with E-state index < -0.39 is 0 Å². The molecule has 0 amide bonds. The highest BCUT2D eigenvalue weighted by Crippen LogP contribution is 2.12. The summed E-state index contributed by atoms with van der Waals surface area (Å²) in [4.78, 5) is 0. The number of nitrogens with two attached hydrogens (primary N) is 4.